The van der Waals surface area contributed by atoms with Crippen molar-refractivity contribution in [2.24, 2.45) is 11.8 Å². The molecule has 1 aromatic heterocycles. The normalized spacial score (nSPS) is 19.8. The maximum Gasteiger partial charge on any atom is 0.416 e. The molecule has 1 N–H and O–H groups in total. The molecule has 2 atom stereocenters. The highest BCUT2D eigenvalue weighted by Crippen LogP contribution is 2.39. The van der Waals surface area contributed by atoms with Crippen LogP contribution < -0.4 is 5.32 Å². The number of fused-ring (bicyclic) bond motifs is 1. The van der Waals surface area contributed by atoms with Crippen molar-refractivity contribution < 1.29 is 26.4 Å². The zero-order valence-corrected chi connectivity index (χ0v) is 21.4. The average molecular weight is 525 g/mol. The van der Waals surface area contributed by atoms with Crippen molar-refractivity contribution in [3.05, 3.63) is 64.5 Å². The van der Waals surface area contributed by atoms with Gasteiger partial charge in [-0.15, -0.1) is 0 Å². The van der Waals surface area contributed by atoms with Gasteiger partial charge in [-0.3, -0.25) is 18.9 Å². The van der Waals surface area contributed by atoms with Crippen LogP contribution in [0.15, 0.2) is 36.5 Å². The van der Waals surface area contributed by atoms with Crippen LogP contribution >= 0.6 is 0 Å². The molecule has 3 heterocycles. The molecule has 1 saturated heterocycles. The highest BCUT2D eigenvalue weighted by molar-refractivity contribution is 7.77. The van der Waals surface area contributed by atoms with Gasteiger partial charge in [0, 0.05) is 38.9 Å². The number of amides is 1. The second kappa shape index (κ2) is 11.0. The van der Waals surface area contributed by atoms with E-state index in [1.165, 1.54) is 19.2 Å². The Labute approximate surface area is 211 Å². The summed E-state index contributed by atoms with van der Waals surface area (Å²) in [6.07, 6.45) is -1.97. The van der Waals surface area contributed by atoms with Crippen LogP contribution in [0.3, 0.4) is 0 Å². The summed E-state index contributed by atoms with van der Waals surface area (Å²) in [5, 5.41) is 2.94. The van der Waals surface area contributed by atoms with Crippen molar-refractivity contribution in [3.8, 4) is 0 Å². The molecule has 0 aliphatic carbocycles. The molecule has 0 spiro atoms. The molecule has 2 aliphatic rings. The van der Waals surface area contributed by atoms with Gasteiger partial charge >= 0.3 is 6.18 Å². The first kappa shape index (κ1) is 26.7. The summed E-state index contributed by atoms with van der Waals surface area (Å²) in [6.45, 7) is 7.12. The number of benzene rings is 1. The third-order valence-corrected chi connectivity index (χ3v) is 7.73. The number of hydrogen-bond acceptors (Lipinski definition) is 5. The fourth-order valence-corrected chi connectivity index (χ4v) is 5.75. The fraction of sp³-hybridized carbons (Fsp3) is 0.520. The van der Waals surface area contributed by atoms with Gasteiger partial charge in [-0.2, -0.15) is 13.2 Å². The van der Waals surface area contributed by atoms with Crippen LogP contribution in [0.25, 0.3) is 0 Å². The summed E-state index contributed by atoms with van der Waals surface area (Å²) in [6, 6.07) is 7.14. The van der Waals surface area contributed by atoms with Crippen LogP contribution in [-0.4, -0.2) is 51.0 Å². The summed E-state index contributed by atoms with van der Waals surface area (Å²) >= 11 is -1.39. The van der Waals surface area contributed by atoms with E-state index < -0.39 is 23.0 Å². The Morgan fingerprint density at radius 3 is 2.56 bits per heavy atom. The van der Waals surface area contributed by atoms with Crippen molar-refractivity contribution in [1.82, 2.24) is 19.5 Å². The molecule has 1 amide bonds. The number of aromatic nitrogens is 1. The molecule has 0 saturated carbocycles. The Hall–Kier alpha value is -2.34. The number of alkyl halides is 3. The van der Waals surface area contributed by atoms with Crippen LogP contribution in [0.1, 0.15) is 59.1 Å². The Balaban J connectivity index is 1.36. The van der Waals surface area contributed by atoms with Crippen LogP contribution in [0.5, 0.6) is 0 Å². The molecule has 11 heteroatoms. The van der Waals surface area contributed by atoms with Crippen LogP contribution in [0, 0.1) is 11.8 Å². The molecule has 1 aromatic carbocycles. The average Bonchev–Trinajstić information content (AvgIpc) is 3.16. The van der Waals surface area contributed by atoms with Crippen molar-refractivity contribution in [3.63, 3.8) is 0 Å². The van der Waals surface area contributed by atoms with Gasteiger partial charge in [0.2, 0.25) is 11.3 Å². The molecule has 1 unspecified atom stereocenters. The predicted molar refractivity (Wildman–Crippen MR) is 130 cm³/mol. The molecular weight excluding hydrogens is 493 g/mol. The summed E-state index contributed by atoms with van der Waals surface area (Å²) in [5.74, 6) is 0.416. The van der Waals surface area contributed by atoms with Gasteiger partial charge in [-0.1, -0.05) is 26.0 Å². The van der Waals surface area contributed by atoms with Gasteiger partial charge in [-0.25, -0.2) is 8.51 Å². The number of pyridine rings is 1. The smallest absolute Gasteiger partial charge is 0.352 e. The minimum atomic E-state index is -4.35. The summed E-state index contributed by atoms with van der Waals surface area (Å²) in [7, 11) is 1.41. The number of nitrogens with one attached hydrogen (secondary N) is 1. The van der Waals surface area contributed by atoms with Gasteiger partial charge in [0.15, 0.2) is 0 Å². The molecule has 2 aromatic rings. The van der Waals surface area contributed by atoms with E-state index in [9.17, 15) is 22.2 Å². The summed E-state index contributed by atoms with van der Waals surface area (Å²) in [5.41, 5.74) is 2.50. The van der Waals surface area contributed by atoms with E-state index in [1.54, 1.807) is 10.5 Å². The van der Waals surface area contributed by atoms with Crippen molar-refractivity contribution >= 4 is 17.2 Å². The molecular formula is C25H31F3N4O3S. The van der Waals surface area contributed by atoms with Crippen LogP contribution in [-0.2, 0) is 34.7 Å². The molecule has 7 nitrogen and oxygen atoms in total. The number of carbonyl (C=O) groups excluding carboxylic acids is 1. The highest BCUT2D eigenvalue weighted by Gasteiger charge is 2.35. The summed E-state index contributed by atoms with van der Waals surface area (Å²) in [4.78, 5) is 19.5. The first-order valence-electron chi connectivity index (χ1n) is 11.9. The third kappa shape index (κ3) is 5.96. The van der Waals surface area contributed by atoms with Gasteiger partial charge < -0.3 is 5.32 Å². The van der Waals surface area contributed by atoms with Gasteiger partial charge in [0.25, 0.3) is 5.91 Å². The number of rotatable bonds is 9. The fourth-order valence-electron chi connectivity index (χ4n) is 4.88. The minimum Gasteiger partial charge on any atom is -0.352 e. The van der Waals surface area contributed by atoms with E-state index in [0.29, 0.717) is 44.2 Å². The molecule has 1 fully saturated rings. The molecule has 4 rings (SSSR count). The minimum absolute atomic E-state index is 0.0126. The van der Waals surface area contributed by atoms with Crippen molar-refractivity contribution in [2.75, 3.05) is 26.7 Å². The SMILES string of the molecule is COS(=O)N1CC(CCNC(=O)c2cnc3c(c2)CN(Cc2ccc(C(F)(F)F)cc2)[C@H]3C(C)C)C1. The monoisotopic (exact) mass is 524 g/mol. The van der Waals surface area contributed by atoms with Gasteiger partial charge in [-0.05, 0) is 47.6 Å². The first-order chi connectivity index (χ1) is 17.1. The molecule has 2 aliphatic heterocycles. The van der Waals surface area contributed by atoms with Crippen molar-refractivity contribution in [2.45, 2.75) is 45.6 Å². The largest absolute Gasteiger partial charge is 0.416 e. The van der Waals surface area contributed by atoms with Crippen LogP contribution in [0.2, 0.25) is 0 Å². The molecule has 0 bridgehead atoms. The van der Waals surface area contributed by atoms with Crippen LogP contribution in [0.4, 0.5) is 13.2 Å². The van der Waals surface area contributed by atoms with Crippen molar-refractivity contribution in [1.29, 1.82) is 0 Å². The van der Waals surface area contributed by atoms with E-state index in [2.05, 4.69) is 29.0 Å². The lowest BCUT2D eigenvalue weighted by molar-refractivity contribution is -0.137. The highest BCUT2D eigenvalue weighted by atomic mass is 32.2. The zero-order chi connectivity index (χ0) is 26.0. The molecule has 36 heavy (non-hydrogen) atoms. The standard InChI is InChI=1S/C25H31F3N4O3S/c1-16(2)23-22-20(15-31(23)12-17-4-6-21(7-5-17)25(26,27)28)10-19(11-30-22)24(33)29-9-8-18-13-32(14-18)36(34)35-3/h4-7,10-11,16,18,23H,8-9,12-15H2,1-3H3,(H,29,33)/t23-,36?/m0/s1. The number of carbonyl (C=O) groups is 1. The third-order valence-electron chi connectivity index (χ3n) is 6.72. The number of hydrogen-bond donors (Lipinski definition) is 1. The quantitative estimate of drug-likeness (QED) is 0.535. The van der Waals surface area contributed by atoms with E-state index in [4.69, 9.17) is 4.18 Å². The Bertz CT molecular complexity index is 1100. The number of halogens is 3. The first-order valence-corrected chi connectivity index (χ1v) is 13.0. The zero-order valence-electron chi connectivity index (χ0n) is 20.5. The maximum absolute atomic E-state index is 12.9. The lowest BCUT2D eigenvalue weighted by Crippen LogP contribution is -2.48. The van der Waals surface area contributed by atoms with Gasteiger partial charge in [0.1, 0.15) is 0 Å². The molecule has 196 valence electrons. The topological polar surface area (TPSA) is 74.8 Å². The van der Waals surface area contributed by atoms with Gasteiger partial charge in [0.05, 0.1) is 30.0 Å². The van der Waals surface area contributed by atoms with E-state index >= 15 is 0 Å². The summed E-state index contributed by atoms with van der Waals surface area (Å²) < 4.78 is 56.8. The predicted octanol–water partition coefficient (Wildman–Crippen LogP) is 4.09. The Kier molecular flexibility index (Phi) is 8.13. The number of nitrogens with zero attached hydrogens (tertiary/aromatic N) is 3. The maximum atomic E-state index is 12.9. The molecule has 0 radical (unpaired) electrons. The Morgan fingerprint density at radius 1 is 1.25 bits per heavy atom. The lowest BCUT2D eigenvalue weighted by Gasteiger charge is -2.36. The second-order valence-electron chi connectivity index (χ2n) is 9.70. The second-order valence-corrected chi connectivity index (χ2v) is 11.0. The van der Waals surface area contributed by atoms with E-state index in [1.807, 2.05) is 6.07 Å². The Morgan fingerprint density at radius 2 is 1.94 bits per heavy atom. The van der Waals surface area contributed by atoms with E-state index in [0.717, 1.165) is 35.4 Å². The van der Waals surface area contributed by atoms with E-state index in [-0.39, 0.29) is 17.9 Å². The lowest BCUT2D eigenvalue weighted by atomic mass is 9.98.